The zero-order valence-electron chi connectivity index (χ0n) is 14.0. The van der Waals surface area contributed by atoms with Crippen molar-refractivity contribution in [3.8, 4) is 0 Å². The molecule has 0 aliphatic carbocycles. The number of aromatic nitrogens is 4. The normalized spacial score (nSPS) is 19.0. The largest absolute Gasteiger partial charge is 0.324 e. The standard InChI is InChI=1S/C17H24N6/c1-12(2)23-9-5-4-6-15(23)14-10-16(21-13(3)20-14)22-17-11-18-7-8-19-17/h7-8,10-12,15H,4-6,9H2,1-3H3,(H,19,20,21,22)/t15-/m1/s1. The maximum Gasteiger partial charge on any atom is 0.150 e. The SMILES string of the molecule is Cc1nc(Nc2cnccn2)cc([C@H]2CCCCN2C(C)C)n1. The summed E-state index contributed by atoms with van der Waals surface area (Å²) >= 11 is 0. The van der Waals surface area contributed by atoms with Crippen molar-refractivity contribution in [1.29, 1.82) is 0 Å². The van der Waals surface area contributed by atoms with Crippen molar-refractivity contribution < 1.29 is 0 Å². The molecule has 6 heteroatoms. The van der Waals surface area contributed by atoms with E-state index in [1.165, 1.54) is 12.8 Å². The van der Waals surface area contributed by atoms with E-state index in [4.69, 9.17) is 4.98 Å². The quantitative estimate of drug-likeness (QED) is 0.934. The lowest BCUT2D eigenvalue weighted by Gasteiger charge is -2.38. The summed E-state index contributed by atoms with van der Waals surface area (Å²) in [6, 6.07) is 2.94. The van der Waals surface area contributed by atoms with Crippen molar-refractivity contribution in [3.05, 3.63) is 36.2 Å². The Hall–Kier alpha value is -2.08. The van der Waals surface area contributed by atoms with Crippen LogP contribution in [0.25, 0.3) is 0 Å². The van der Waals surface area contributed by atoms with Crippen molar-refractivity contribution >= 4 is 11.6 Å². The Morgan fingerprint density at radius 3 is 2.78 bits per heavy atom. The highest BCUT2D eigenvalue weighted by Crippen LogP contribution is 2.32. The van der Waals surface area contributed by atoms with Gasteiger partial charge in [-0.15, -0.1) is 0 Å². The summed E-state index contributed by atoms with van der Waals surface area (Å²) < 4.78 is 0. The van der Waals surface area contributed by atoms with Crippen molar-refractivity contribution in [1.82, 2.24) is 24.8 Å². The second-order valence-electron chi connectivity index (χ2n) is 6.28. The van der Waals surface area contributed by atoms with Gasteiger partial charge >= 0.3 is 0 Å². The summed E-state index contributed by atoms with van der Waals surface area (Å²) in [6.07, 6.45) is 8.69. The third kappa shape index (κ3) is 3.82. The Labute approximate surface area is 137 Å². The Kier molecular flexibility index (Phi) is 4.81. The molecular weight excluding hydrogens is 288 g/mol. The lowest BCUT2D eigenvalue weighted by molar-refractivity contribution is 0.109. The molecule has 0 unspecified atom stereocenters. The zero-order valence-corrected chi connectivity index (χ0v) is 14.0. The molecule has 3 rings (SSSR count). The van der Waals surface area contributed by atoms with E-state index in [0.29, 0.717) is 17.9 Å². The Bertz CT molecular complexity index is 643. The van der Waals surface area contributed by atoms with E-state index in [2.05, 4.69) is 39.0 Å². The number of nitrogens with one attached hydrogen (secondary N) is 1. The Morgan fingerprint density at radius 2 is 2.04 bits per heavy atom. The smallest absolute Gasteiger partial charge is 0.150 e. The van der Waals surface area contributed by atoms with Crippen LogP contribution in [0.1, 0.15) is 50.7 Å². The van der Waals surface area contributed by atoms with E-state index in [1.54, 1.807) is 18.6 Å². The fraction of sp³-hybridized carbons (Fsp3) is 0.529. The van der Waals surface area contributed by atoms with Gasteiger partial charge in [0.1, 0.15) is 17.5 Å². The highest BCUT2D eigenvalue weighted by atomic mass is 15.2. The lowest BCUT2D eigenvalue weighted by Crippen LogP contribution is -2.39. The minimum atomic E-state index is 0.368. The van der Waals surface area contributed by atoms with Crippen LogP contribution in [0.2, 0.25) is 0 Å². The van der Waals surface area contributed by atoms with Crippen LogP contribution in [0.3, 0.4) is 0 Å². The van der Waals surface area contributed by atoms with E-state index in [1.807, 2.05) is 13.0 Å². The van der Waals surface area contributed by atoms with Gasteiger partial charge in [-0.05, 0) is 40.2 Å². The molecule has 0 saturated carbocycles. The molecule has 0 aromatic carbocycles. The van der Waals surface area contributed by atoms with Crippen LogP contribution in [0.15, 0.2) is 24.7 Å². The van der Waals surface area contributed by atoms with E-state index >= 15 is 0 Å². The number of rotatable bonds is 4. The number of likely N-dealkylation sites (tertiary alicyclic amines) is 1. The Morgan fingerprint density at radius 1 is 1.17 bits per heavy atom. The molecule has 1 aliphatic rings. The molecule has 3 heterocycles. The monoisotopic (exact) mass is 312 g/mol. The first kappa shape index (κ1) is 15.8. The fourth-order valence-corrected chi connectivity index (χ4v) is 3.21. The van der Waals surface area contributed by atoms with Crippen LogP contribution in [-0.4, -0.2) is 37.4 Å². The molecule has 6 nitrogen and oxygen atoms in total. The van der Waals surface area contributed by atoms with E-state index in [9.17, 15) is 0 Å². The maximum absolute atomic E-state index is 4.70. The van der Waals surface area contributed by atoms with Gasteiger partial charge in [-0.25, -0.2) is 15.0 Å². The van der Waals surface area contributed by atoms with Crippen LogP contribution in [0, 0.1) is 6.92 Å². The third-order valence-corrected chi connectivity index (χ3v) is 4.23. The molecule has 2 aromatic rings. The van der Waals surface area contributed by atoms with Crippen LogP contribution < -0.4 is 5.32 Å². The van der Waals surface area contributed by atoms with Crippen molar-refractivity contribution in [2.45, 2.75) is 52.1 Å². The first-order chi connectivity index (χ1) is 11.1. The van der Waals surface area contributed by atoms with Gasteiger partial charge in [0.05, 0.1) is 17.9 Å². The van der Waals surface area contributed by atoms with Crippen LogP contribution in [-0.2, 0) is 0 Å². The molecule has 2 aromatic heterocycles. The second-order valence-corrected chi connectivity index (χ2v) is 6.28. The van der Waals surface area contributed by atoms with Gasteiger partial charge in [-0.1, -0.05) is 6.42 Å². The van der Waals surface area contributed by atoms with Crippen molar-refractivity contribution in [2.24, 2.45) is 0 Å². The highest BCUT2D eigenvalue weighted by molar-refractivity contribution is 5.50. The minimum absolute atomic E-state index is 0.368. The molecule has 0 radical (unpaired) electrons. The predicted octanol–water partition coefficient (Wildman–Crippen LogP) is 3.25. The van der Waals surface area contributed by atoms with E-state index < -0.39 is 0 Å². The van der Waals surface area contributed by atoms with Gasteiger partial charge < -0.3 is 5.32 Å². The zero-order chi connectivity index (χ0) is 16.2. The van der Waals surface area contributed by atoms with Gasteiger partial charge in [0.25, 0.3) is 0 Å². The van der Waals surface area contributed by atoms with E-state index in [0.717, 1.165) is 30.3 Å². The molecule has 0 bridgehead atoms. The fourth-order valence-electron chi connectivity index (χ4n) is 3.21. The molecular formula is C17H24N6. The molecule has 1 fully saturated rings. The predicted molar refractivity (Wildman–Crippen MR) is 90.5 cm³/mol. The van der Waals surface area contributed by atoms with Gasteiger partial charge in [0.2, 0.25) is 0 Å². The maximum atomic E-state index is 4.70. The minimum Gasteiger partial charge on any atom is -0.324 e. The summed E-state index contributed by atoms with van der Waals surface area (Å²) in [5.74, 6) is 2.26. The number of aryl methyl sites for hydroxylation is 1. The van der Waals surface area contributed by atoms with Gasteiger partial charge in [0.15, 0.2) is 0 Å². The summed E-state index contributed by atoms with van der Waals surface area (Å²) in [7, 11) is 0. The summed E-state index contributed by atoms with van der Waals surface area (Å²) in [5, 5.41) is 3.23. The summed E-state index contributed by atoms with van der Waals surface area (Å²) in [6.45, 7) is 7.59. The van der Waals surface area contributed by atoms with Crippen LogP contribution in [0.5, 0.6) is 0 Å². The molecule has 0 spiro atoms. The number of piperidine rings is 1. The molecule has 23 heavy (non-hydrogen) atoms. The molecule has 1 N–H and O–H groups in total. The molecule has 122 valence electrons. The number of nitrogens with zero attached hydrogens (tertiary/aromatic N) is 5. The lowest BCUT2D eigenvalue weighted by atomic mass is 9.97. The first-order valence-electron chi connectivity index (χ1n) is 8.28. The molecule has 0 amide bonds. The first-order valence-corrected chi connectivity index (χ1v) is 8.28. The number of anilines is 2. The van der Waals surface area contributed by atoms with Crippen LogP contribution in [0.4, 0.5) is 11.6 Å². The van der Waals surface area contributed by atoms with Crippen molar-refractivity contribution in [3.63, 3.8) is 0 Å². The topological polar surface area (TPSA) is 66.8 Å². The summed E-state index contributed by atoms with van der Waals surface area (Å²) in [5.41, 5.74) is 1.09. The Balaban J connectivity index is 1.87. The third-order valence-electron chi connectivity index (χ3n) is 4.23. The molecule has 1 atom stereocenters. The van der Waals surface area contributed by atoms with Crippen LogP contribution >= 0.6 is 0 Å². The van der Waals surface area contributed by atoms with E-state index in [-0.39, 0.29) is 0 Å². The van der Waals surface area contributed by atoms with Gasteiger partial charge in [-0.2, -0.15) is 0 Å². The molecule has 1 saturated heterocycles. The highest BCUT2D eigenvalue weighted by Gasteiger charge is 2.27. The van der Waals surface area contributed by atoms with Crippen molar-refractivity contribution in [2.75, 3.05) is 11.9 Å². The second kappa shape index (κ2) is 7.00. The average molecular weight is 312 g/mol. The van der Waals surface area contributed by atoms with Gasteiger partial charge in [0, 0.05) is 24.5 Å². The average Bonchev–Trinajstić information content (AvgIpc) is 2.55. The molecule has 1 aliphatic heterocycles. The summed E-state index contributed by atoms with van der Waals surface area (Å²) in [4.78, 5) is 20.0. The van der Waals surface area contributed by atoms with Gasteiger partial charge in [-0.3, -0.25) is 9.88 Å². The number of hydrogen-bond acceptors (Lipinski definition) is 6. The number of hydrogen-bond donors (Lipinski definition) is 1.